The molecule has 2 aliphatic carbocycles. The normalized spacial score (nSPS) is 34.9. The minimum absolute atomic E-state index is 0.0150. The SMILES string of the molecule is CC1=C[C@H]2CC(=O)C[C@@H](C1)C2=O. The number of carbonyl (C=O) groups is 2. The first-order valence-corrected chi connectivity index (χ1v) is 4.39. The first kappa shape index (κ1) is 7.71. The number of fused-ring (bicyclic) bond motifs is 2. The van der Waals surface area contributed by atoms with E-state index in [2.05, 4.69) is 0 Å². The van der Waals surface area contributed by atoms with E-state index in [4.69, 9.17) is 0 Å². The first-order chi connectivity index (χ1) is 5.66. The van der Waals surface area contributed by atoms with Crippen molar-refractivity contribution < 1.29 is 9.59 Å². The summed E-state index contributed by atoms with van der Waals surface area (Å²) in [6.45, 7) is 2.04. The molecule has 2 nitrogen and oxygen atoms in total. The van der Waals surface area contributed by atoms with Crippen LogP contribution in [-0.4, -0.2) is 11.6 Å². The zero-order valence-corrected chi connectivity index (χ0v) is 7.17. The highest BCUT2D eigenvalue weighted by molar-refractivity contribution is 5.98. The van der Waals surface area contributed by atoms with Gasteiger partial charge in [0.15, 0.2) is 0 Å². The molecular weight excluding hydrogens is 152 g/mol. The number of hydrogen-bond acceptors (Lipinski definition) is 2. The first-order valence-electron chi connectivity index (χ1n) is 4.39. The largest absolute Gasteiger partial charge is 0.300 e. The number of hydrogen-bond donors (Lipinski definition) is 0. The minimum Gasteiger partial charge on any atom is -0.300 e. The molecule has 0 aliphatic heterocycles. The third-order valence-corrected chi connectivity index (χ3v) is 2.74. The molecule has 2 rings (SSSR count). The molecule has 2 atom stereocenters. The van der Waals surface area contributed by atoms with Gasteiger partial charge in [-0.1, -0.05) is 11.6 Å². The Labute approximate surface area is 71.6 Å². The second kappa shape index (κ2) is 2.54. The summed E-state index contributed by atoms with van der Waals surface area (Å²) in [6, 6.07) is 0. The predicted octanol–water partition coefficient (Wildman–Crippen LogP) is 1.50. The van der Waals surface area contributed by atoms with Crippen LogP contribution in [0.3, 0.4) is 0 Å². The number of rotatable bonds is 0. The molecule has 0 N–H and O–H groups in total. The van der Waals surface area contributed by atoms with Crippen LogP contribution in [0, 0.1) is 11.8 Å². The highest BCUT2D eigenvalue weighted by Crippen LogP contribution is 2.34. The Morgan fingerprint density at radius 1 is 1.25 bits per heavy atom. The minimum atomic E-state index is -0.0787. The van der Waals surface area contributed by atoms with Crippen LogP contribution in [0.25, 0.3) is 0 Å². The van der Waals surface area contributed by atoms with Gasteiger partial charge in [-0.05, 0) is 13.3 Å². The van der Waals surface area contributed by atoms with E-state index in [0.29, 0.717) is 18.6 Å². The van der Waals surface area contributed by atoms with Crippen LogP contribution < -0.4 is 0 Å². The van der Waals surface area contributed by atoms with Gasteiger partial charge in [-0.25, -0.2) is 0 Å². The summed E-state index contributed by atoms with van der Waals surface area (Å²) in [6.07, 6.45) is 3.71. The van der Waals surface area contributed by atoms with Gasteiger partial charge >= 0.3 is 0 Å². The Kier molecular flexibility index (Phi) is 1.63. The predicted molar refractivity (Wildman–Crippen MR) is 44.6 cm³/mol. The van der Waals surface area contributed by atoms with Gasteiger partial charge in [-0.15, -0.1) is 0 Å². The van der Waals surface area contributed by atoms with Crippen molar-refractivity contribution in [1.29, 1.82) is 0 Å². The van der Waals surface area contributed by atoms with Crippen molar-refractivity contribution in [2.75, 3.05) is 0 Å². The zero-order chi connectivity index (χ0) is 8.72. The Morgan fingerprint density at radius 3 is 2.67 bits per heavy atom. The lowest BCUT2D eigenvalue weighted by molar-refractivity contribution is -0.136. The number of allylic oxidation sites excluding steroid dienone is 2. The third-order valence-electron chi connectivity index (χ3n) is 2.74. The molecule has 0 spiro atoms. The van der Waals surface area contributed by atoms with Crippen LogP contribution in [0.1, 0.15) is 26.2 Å². The maximum absolute atomic E-state index is 11.5. The van der Waals surface area contributed by atoms with Crippen molar-refractivity contribution in [3.05, 3.63) is 11.6 Å². The van der Waals surface area contributed by atoms with Crippen molar-refractivity contribution in [2.45, 2.75) is 26.2 Å². The van der Waals surface area contributed by atoms with E-state index in [1.54, 1.807) is 0 Å². The second-order valence-corrected chi connectivity index (χ2v) is 3.87. The van der Waals surface area contributed by atoms with Crippen LogP contribution >= 0.6 is 0 Å². The van der Waals surface area contributed by atoms with Gasteiger partial charge in [0.2, 0.25) is 0 Å². The van der Waals surface area contributed by atoms with Crippen molar-refractivity contribution >= 4 is 11.6 Å². The van der Waals surface area contributed by atoms with E-state index in [-0.39, 0.29) is 17.6 Å². The maximum atomic E-state index is 11.5. The number of carbonyl (C=O) groups excluding carboxylic acids is 2. The van der Waals surface area contributed by atoms with E-state index in [1.165, 1.54) is 5.57 Å². The molecule has 0 aromatic heterocycles. The lowest BCUT2D eigenvalue weighted by atomic mass is 9.72. The van der Waals surface area contributed by atoms with Gasteiger partial charge in [-0.2, -0.15) is 0 Å². The average Bonchev–Trinajstić information content (AvgIpc) is 1.94. The smallest absolute Gasteiger partial charge is 0.143 e. The quantitative estimate of drug-likeness (QED) is 0.508. The average molecular weight is 164 g/mol. The Bertz CT molecular complexity index is 276. The van der Waals surface area contributed by atoms with Crippen molar-refractivity contribution in [2.24, 2.45) is 11.8 Å². The third kappa shape index (κ3) is 1.11. The highest BCUT2D eigenvalue weighted by atomic mass is 16.1. The van der Waals surface area contributed by atoms with Gasteiger partial charge in [0.25, 0.3) is 0 Å². The van der Waals surface area contributed by atoms with Crippen LogP contribution in [0.2, 0.25) is 0 Å². The Morgan fingerprint density at radius 2 is 2.00 bits per heavy atom. The lowest BCUT2D eigenvalue weighted by Gasteiger charge is -2.30. The summed E-state index contributed by atoms with van der Waals surface area (Å²) in [4.78, 5) is 22.6. The van der Waals surface area contributed by atoms with E-state index < -0.39 is 0 Å². The number of ketones is 2. The van der Waals surface area contributed by atoms with Gasteiger partial charge in [0.05, 0.1) is 0 Å². The molecule has 0 heterocycles. The zero-order valence-electron chi connectivity index (χ0n) is 7.17. The van der Waals surface area contributed by atoms with Gasteiger partial charge in [0, 0.05) is 24.7 Å². The summed E-state index contributed by atoms with van der Waals surface area (Å²) in [5, 5.41) is 0. The Hall–Kier alpha value is -0.920. The molecule has 1 saturated carbocycles. The summed E-state index contributed by atoms with van der Waals surface area (Å²) in [5.41, 5.74) is 1.28. The molecule has 0 unspecified atom stereocenters. The standard InChI is InChI=1S/C10H12O2/c1-6-2-7-4-9(11)5-8(3-6)10(7)12/h2,7-8H,3-5H2,1H3/t7-,8+/m0/s1. The fourth-order valence-corrected chi connectivity index (χ4v) is 2.22. The molecule has 2 heteroatoms. The molecule has 0 aromatic carbocycles. The van der Waals surface area contributed by atoms with Gasteiger partial charge < -0.3 is 0 Å². The molecule has 2 bridgehead atoms. The van der Waals surface area contributed by atoms with Gasteiger partial charge in [-0.3, -0.25) is 9.59 Å². The van der Waals surface area contributed by atoms with Crippen LogP contribution in [-0.2, 0) is 9.59 Å². The van der Waals surface area contributed by atoms with Crippen LogP contribution in [0.5, 0.6) is 0 Å². The van der Waals surface area contributed by atoms with Gasteiger partial charge in [0.1, 0.15) is 11.6 Å². The molecule has 0 saturated heterocycles. The fraction of sp³-hybridized carbons (Fsp3) is 0.600. The summed E-state index contributed by atoms with van der Waals surface area (Å²) in [7, 11) is 0. The lowest BCUT2D eigenvalue weighted by Crippen LogP contribution is -2.35. The molecule has 64 valence electrons. The van der Waals surface area contributed by atoms with Crippen LogP contribution in [0.4, 0.5) is 0 Å². The molecule has 0 aromatic rings. The molecule has 0 radical (unpaired) electrons. The topological polar surface area (TPSA) is 34.1 Å². The highest BCUT2D eigenvalue weighted by Gasteiger charge is 2.36. The molecule has 1 fully saturated rings. The molecule has 2 aliphatic rings. The Balaban J connectivity index is 2.32. The van der Waals surface area contributed by atoms with E-state index in [1.807, 2.05) is 13.0 Å². The second-order valence-electron chi connectivity index (χ2n) is 3.87. The van der Waals surface area contributed by atoms with Crippen molar-refractivity contribution in [3.63, 3.8) is 0 Å². The van der Waals surface area contributed by atoms with E-state index in [0.717, 1.165) is 6.42 Å². The molecule has 12 heavy (non-hydrogen) atoms. The van der Waals surface area contributed by atoms with Crippen LogP contribution in [0.15, 0.2) is 11.6 Å². The molecular formula is C10H12O2. The monoisotopic (exact) mass is 164 g/mol. The number of Topliss-reactive ketones (excluding diaryl/α,β-unsaturated/α-hetero) is 2. The van der Waals surface area contributed by atoms with Crippen molar-refractivity contribution in [1.82, 2.24) is 0 Å². The maximum Gasteiger partial charge on any atom is 0.143 e. The van der Waals surface area contributed by atoms with E-state index >= 15 is 0 Å². The molecule has 0 amide bonds. The summed E-state index contributed by atoms with van der Waals surface area (Å²) >= 11 is 0. The fourth-order valence-electron chi connectivity index (χ4n) is 2.22. The summed E-state index contributed by atoms with van der Waals surface area (Å²) < 4.78 is 0. The van der Waals surface area contributed by atoms with Crippen molar-refractivity contribution in [3.8, 4) is 0 Å². The summed E-state index contributed by atoms with van der Waals surface area (Å²) in [5.74, 6) is 0.486. The van der Waals surface area contributed by atoms with E-state index in [9.17, 15) is 9.59 Å².